The second kappa shape index (κ2) is 4.85. The smallest absolute Gasteiger partial charge is 0.311 e. The van der Waals surface area contributed by atoms with Gasteiger partial charge < -0.3 is 15.2 Å². The minimum Gasteiger partial charge on any atom is -0.496 e. The number of nitrogens with one attached hydrogen (secondary N) is 1. The van der Waals surface area contributed by atoms with Gasteiger partial charge >= 0.3 is 5.97 Å². The van der Waals surface area contributed by atoms with Crippen molar-refractivity contribution in [3.63, 3.8) is 0 Å². The Bertz CT molecular complexity index is 506. The maximum absolute atomic E-state index is 11.5. The van der Waals surface area contributed by atoms with Gasteiger partial charge in [-0.3, -0.25) is 4.79 Å². The first kappa shape index (κ1) is 13.9. The van der Waals surface area contributed by atoms with Crippen molar-refractivity contribution in [2.75, 3.05) is 14.2 Å². The number of benzene rings is 1. The summed E-state index contributed by atoms with van der Waals surface area (Å²) in [6.07, 6.45) is 1.42. The number of hydrogen-bond acceptors (Lipinski definition) is 3. The number of ether oxygens (including phenoxy) is 1. The topological polar surface area (TPSA) is 58.6 Å². The third-order valence-electron chi connectivity index (χ3n) is 4.02. The minimum atomic E-state index is -0.729. The molecule has 1 saturated carbocycles. The predicted molar refractivity (Wildman–Crippen MR) is 73.6 cm³/mol. The van der Waals surface area contributed by atoms with E-state index in [0.29, 0.717) is 12.8 Å². The first-order valence-electron chi connectivity index (χ1n) is 6.52. The molecule has 0 aliphatic heterocycles. The van der Waals surface area contributed by atoms with E-state index in [9.17, 15) is 9.90 Å². The van der Waals surface area contributed by atoms with Gasteiger partial charge in [0.05, 0.1) is 18.6 Å². The SMILES string of the molecule is CNC(c1cc(C)cc(C)c1OC)C1(C(=O)O)CC1. The molecule has 0 saturated heterocycles. The van der Waals surface area contributed by atoms with Gasteiger partial charge in [-0.15, -0.1) is 0 Å². The highest BCUT2D eigenvalue weighted by Gasteiger charge is 2.56. The van der Waals surface area contributed by atoms with E-state index in [-0.39, 0.29) is 6.04 Å². The van der Waals surface area contributed by atoms with E-state index in [2.05, 4.69) is 11.4 Å². The zero-order valence-corrected chi connectivity index (χ0v) is 11.9. The number of aliphatic carboxylic acids is 1. The quantitative estimate of drug-likeness (QED) is 0.856. The van der Waals surface area contributed by atoms with Crippen LogP contribution < -0.4 is 10.1 Å². The summed E-state index contributed by atoms with van der Waals surface area (Å²) in [6.45, 7) is 4.01. The lowest BCUT2D eigenvalue weighted by Gasteiger charge is -2.26. The second-order valence-electron chi connectivity index (χ2n) is 5.39. The Hall–Kier alpha value is -1.55. The van der Waals surface area contributed by atoms with Crippen LogP contribution in [0.3, 0.4) is 0 Å². The number of rotatable bonds is 5. The number of methoxy groups -OCH3 is 1. The van der Waals surface area contributed by atoms with Crippen LogP contribution in [0, 0.1) is 19.3 Å². The molecule has 0 radical (unpaired) electrons. The van der Waals surface area contributed by atoms with Gasteiger partial charge in [-0.05, 0) is 39.3 Å². The average molecular weight is 263 g/mol. The Labute approximate surface area is 113 Å². The molecule has 1 unspecified atom stereocenters. The van der Waals surface area contributed by atoms with Crippen molar-refractivity contribution in [3.05, 3.63) is 28.8 Å². The van der Waals surface area contributed by atoms with Gasteiger partial charge in [0.1, 0.15) is 5.75 Å². The Morgan fingerprint density at radius 2 is 2.05 bits per heavy atom. The number of carboxylic acid groups (broad SMARTS) is 1. The summed E-state index contributed by atoms with van der Waals surface area (Å²) in [6, 6.07) is 3.87. The molecule has 4 heteroatoms. The first-order valence-corrected chi connectivity index (χ1v) is 6.52. The second-order valence-corrected chi connectivity index (χ2v) is 5.39. The molecule has 0 aromatic heterocycles. The van der Waals surface area contributed by atoms with E-state index in [1.54, 1.807) is 7.11 Å². The molecule has 2 N–H and O–H groups in total. The van der Waals surface area contributed by atoms with E-state index in [1.165, 1.54) is 0 Å². The zero-order chi connectivity index (χ0) is 14.2. The summed E-state index contributed by atoms with van der Waals surface area (Å²) in [5, 5.41) is 12.7. The summed E-state index contributed by atoms with van der Waals surface area (Å²) in [5.41, 5.74) is 2.43. The molecular weight excluding hydrogens is 242 g/mol. The van der Waals surface area contributed by atoms with Crippen LogP contribution in [-0.2, 0) is 4.79 Å². The van der Waals surface area contributed by atoms with Crippen molar-refractivity contribution in [2.24, 2.45) is 5.41 Å². The van der Waals surface area contributed by atoms with E-state index < -0.39 is 11.4 Å². The summed E-state index contributed by atoms with van der Waals surface area (Å²) in [5.74, 6) is 0.0607. The standard InChI is InChI=1S/C15H21NO3/c1-9-7-10(2)12(19-4)11(8-9)13(16-3)15(5-6-15)14(17)18/h7-8,13,16H,5-6H2,1-4H3,(H,17,18). The summed E-state index contributed by atoms with van der Waals surface area (Å²) < 4.78 is 5.48. The zero-order valence-electron chi connectivity index (χ0n) is 11.9. The molecule has 0 spiro atoms. The van der Waals surface area contributed by atoms with Crippen molar-refractivity contribution >= 4 is 5.97 Å². The lowest BCUT2D eigenvalue weighted by atomic mass is 9.87. The Morgan fingerprint density at radius 1 is 1.42 bits per heavy atom. The van der Waals surface area contributed by atoms with Crippen LogP contribution in [0.5, 0.6) is 5.75 Å². The molecule has 1 fully saturated rings. The van der Waals surface area contributed by atoms with Gasteiger partial charge in [0.15, 0.2) is 0 Å². The highest BCUT2D eigenvalue weighted by molar-refractivity contribution is 5.79. The molecule has 4 nitrogen and oxygen atoms in total. The molecule has 104 valence electrons. The Kier molecular flexibility index (Phi) is 3.54. The molecule has 1 aliphatic rings. The maximum atomic E-state index is 11.5. The molecular formula is C15H21NO3. The van der Waals surface area contributed by atoms with Gasteiger partial charge in [0, 0.05) is 5.56 Å². The average Bonchev–Trinajstić information content (AvgIpc) is 3.11. The van der Waals surface area contributed by atoms with Gasteiger partial charge in [-0.1, -0.05) is 17.7 Å². The van der Waals surface area contributed by atoms with Crippen LogP contribution in [0.25, 0.3) is 0 Å². The monoisotopic (exact) mass is 263 g/mol. The van der Waals surface area contributed by atoms with Crippen molar-refractivity contribution < 1.29 is 14.6 Å². The summed E-state index contributed by atoms with van der Waals surface area (Å²) >= 11 is 0. The minimum absolute atomic E-state index is 0.210. The van der Waals surface area contributed by atoms with E-state index in [1.807, 2.05) is 27.0 Å². The third-order valence-corrected chi connectivity index (χ3v) is 4.02. The molecule has 0 amide bonds. The molecule has 0 bridgehead atoms. The Balaban J connectivity index is 2.53. The predicted octanol–water partition coefficient (Wildman–Crippen LogP) is 2.44. The fourth-order valence-corrected chi connectivity index (χ4v) is 2.97. The maximum Gasteiger partial charge on any atom is 0.311 e. The van der Waals surface area contributed by atoms with Gasteiger partial charge in [0.2, 0.25) is 0 Å². The van der Waals surface area contributed by atoms with E-state index >= 15 is 0 Å². The van der Waals surface area contributed by atoms with Crippen LogP contribution >= 0.6 is 0 Å². The van der Waals surface area contributed by atoms with Crippen molar-refractivity contribution in [1.82, 2.24) is 5.32 Å². The van der Waals surface area contributed by atoms with Gasteiger partial charge in [-0.25, -0.2) is 0 Å². The van der Waals surface area contributed by atoms with Gasteiger partial charge in [0.25, 0.3) is 0 Å². The number of aryl methyl sites for hydroxylation is 2. The molecule has 1 aliphatic carbocycles. The lowest BCUT2D eigenvalue weighted by Crippen LogP contribution is -2.33. The van der Waals surface area contributed by atoms with Gasteiger partial charge in [-0.2, -0.15) is 0 Å². The molecule has 2 rings (SSSR count). The lowest BCUT2D eigenvalue weighted by molar-refractivity contribution is -0.144. The van der Waals surface area contributed by atoms with Crippen molar-refractivity contribution in [2.45, 2.75) is 32.7 Å². The largest absolute Gasteiger partial charge is 0.496 e. The van der Waals surface area contributed by atoms with Crippen LogP contribution in [0.1, 0.15) is 35.6 Å². The van der Waals surface area contributed by atoms with Crippen molar-refractivity contribution in [3.8, 4) is 5.75 Å². The molecule has 1 aromatic rings. The fourth-order valence-electron chi connectivity index (χ4n) is 2.97. The van der Waals surface area contributed by atoms with Crippen molar-refractivity contribution in [1.29, 1.82) is 0 Å². The molecule has 19 heavy (non-hydrogen) atoms. The third kappa shape index (κ3) is 2.21. The van der Waals surface area contributed by atoms with Crippen LogP contribution in [0.4, 0.5) is 0 Å². The number of carbonyl (C=O) groups is 1. The number of hydrogen-bond donors (Lipinski definition) is 2. The Morgan fingerprint density at radius 3 is 2.47 bits per heavy atom. The van der Waals surface area contributed by atoms with E-state index in [4.69, 9.17) is 4.74 Å². The molecule has 1 atom stereocenters. The normalized spacial score (nSPS) is 17.9. The first-order chi connectivity index (χ1) is 8.96. The molecule has 0 heterocycles. The molecule has 1 aromatic carbocycles. The van der Waals surface area contributed by atoms with Crippen LogP contribution in [0.15, 0.2) is 12.1 Å². The highest BCUT2D eigenvalue weighted by atomic mass is 16.5. The fraction of sp³-hybridized carbons (Fsp3) is 0.533. The number of carboxylic acids is 1. The highest BCUT2D eigenvalue weighted by Crippen LogP contribution is 2.56. The summed E-state index contributed by atoms with van der Waals surface area (Å²) in [7, 11) is 3.44. The van der Waals surface area contributed by atoms with E-state index in [0.717, 1.165) is 22.4 Å². The van der Waals surface area contributed by atoms with Crippen LogP contribution in [0.2, 0.25) is 0 Å². The van der Waals surface area contributed by atoms with Crippen LogP contribution in [-0.4, -0.2) is 25.2 Å². The summed E-state index contributed by atoms with van der Waals surface area (Å²) in [4.78, 5) is 11.5.